The molecule has 1 aliphatic heterocycles. The number of aliphatic imine (C=N–C) groups is 1. The summed E-state index contributed by atoms with van der Waals surface area (Å²) in [6.45, 7) is 14.7. The topological polar surface area (TPSA) is 69.2 Å². The van der Waals surface area contributed by atoms with Gasteiger partial charge >= 0.3 is 0 Å². The Kier molecular flexibility index (Phi) is 10.7. The molecule has 1 rings (SSSR count). The van der Waals surface area contributed by atoms with Gasteiger partial charge in [-0.05, 0) is 38.1 Å². The highest BCUT2D eigenvalue weighted by atomic mass is 16.5. The van der Waals surface area contributed by atoms with Crippen LogP contribution in [-0.2, 0) is 9.53 Å². The molecule has 158 valence electrons. The zero-order valence-corrected chi connectivity index (χ0v) is 18.3. The Morgan fingerprint density at radius 1 is 1.26 bits per heavy atom. The van der Waals surface area contributed by atoms with Gasteiger partial charge in [-0.1, -0.05) is 20.8 Å². The van der Waals surface area contributed by atoms with Crippen LogP contribution in [0.2, 0.25) is 0 Å². The van der Waals surface area contributed by atoms with Crippen LogP contribution >= 0.6 is 0 Å². The van der Waals surface area contributed by atoms with Crippen LogP contribution in [-0.4, -0.2) is 87.7 Å². The lowest BCUT2D eigenvalue weighted by atomic mass is 9.89. The van der Waals surface area contributed by atoms with Crippen LogP contribution in [0.15, 0.2) is 4.99 Å². The lowest BCUT2D eigenvalue weighted by Crippen LogP contribution is -2.44. The molecule has 2 N–H and O–H groups in total. The smallest absolute Gasteiger partial charge is 0.243 e. The zero-order chi connectivity index (χ0) is 20.3. The van der Waals surface area contributed by atoms with Crippen molar-refractivity contribution in [2.75, 3.05) is 60.0 Å². The van der Waals surface area contributed by atoms with E-state index >= 15 is 0 Å². The summed E-state index contributed by atoms with van der Waals surface area (Å²) >= 11 is 0. The molecule has 1 heterocycles. The number of morpholine rings is 1. The predicted molar refractivity (Wildman–Crippen MR) is 112 cm³/mol. The molecule has 0 aromatic rings. The molecule has 1 aliphatic rings. The van der Waals surface area contributed by atoms with Gasteiger partial charge in [0.1, 0.15) is 6.54 Å². The Labute approximate surface area is 165 Å². The maximum Gasteiger partial charge on any atom is 0.243 e. The summed E-state index contributed by atoms with van der Waals surface area (Å²) in [5.41, 5.74) is 0.319. The number of hydrogen-bond donors (Lipinski definition) is 2. The van der Waals surface area contributed by atoms with Crippen molar-refractivity contribution in [1.82, 2.24) is 20.4 Å². The third kappa shape index (κ3) is 11.9. The van der Waals surface area contributed by atoms with E-state index in [1.165, 1.54) is 0 Å². The Balaban J connectivity index is 2.45. The average Bonchev–Trinajstić information content (AvgIpc) is 2.61. The standard InChI is InChI=1S/C20H41N5O2/c1-17(8-9-20(2,3)4)23-19(22-16-18(26)24(5)6)21-10-7-11-25-12-14-27-15-13-25/h17H,7-16H2,1-6H3,(H2,21,22,23). The number of carbonyl (C=O) groups excluding carboxylic acids is 1. The van der Waals surface area contributed by atoms with E-state index in [0.29, 0.717) is 11.5 Å². The predicted octanol–water partition coefficient (Wildman–Crippen LogP) is 1.55. The second kappa shape index (κ2) is 12.2. The maximum absolute atomic E-state index is 11.9. The van der Waals surface area contributed by atoms with E-state index in [0.717, 1.165) is 64.6 Å². The number of ether oxygens (including phenoxy) is 1. The second-order valence-corrected chi connectivity index (χ2v) is 8.83. The highest BCUT2D eigenvalue weighted by Gasteiger charge is 2.14. The van der Waals surface area contributed by atoms with Crippen molar-refractivity contribution in [3.63, 3.8) is 0 Å². The first-order valence-corrected chi connectivity index (χ1v) is 10.2. The molecule has 1 saturated heterocycles. The molecule has 0 saturated carbocycles. The molecule has 0 aromatic heterocycles. The van der Waals surface area contributed by atoms with Gasteiger partial charge in [-0.3, -0.25) is 9.69 Å². The monoisotopic (exact) mass is 383 g/mol. The number of rotatable bonds is 9. The van der Waals surface area contributed by atoms with E-state index in [2.05, 4.69) is 48.2 Å². The highest BCUT2D eigenvalue weighted by Crippen LogP contribution is 2.21. The normalized spacial score (nSPS) is 17.5. The van der Waals surface area contributed by atoms with Crippen molar-refractivity contribution < 1.29 is 9.53 Å². The van der Waals surface area contributed by atoms with Crippen molar-refractivity contribution in [1.29, 1.82) is 0 Å². The summed E-state index contributed by atoms with van der Waals surface area (Å²) in [5.74, 6) is 0.736. The minimum atomic E-state index is 0.00626. The first-order valence-electron chi connectivity index (χ1n) is 10.2. The lowest BCUT2D eigenvalue weighted by molar-refractivity contribution is -0.127. The molecule has 0 spiro atoms. The molecule has 0 bridgehead atoms. The molecule has 1 unspecified atom stereocenters. The molecule has 1 amide bonds. The lowest BCUT2D eigenvalue weighted by Gasteiger charge is -2.27. The number of nitrogens with one attached hydrogen (secondary N) is 2. The molecule has 27 heavy (non-hydrogen) atoms. The summed E-state index contributed by atoms with van der Waals surface area (Å²) in [5, 5.41) is 6.85. The quantitative estimate of drug-likeness (QED) is 0.359. The molecule has 1 fully saturated rings. The van der Waals surface area contributed by atoms with Gasteiger partial charge in [0.05, 0.1) is 13.2 Å². The molecular formula is C20H41N5O2. The number of amides is 1. The number of hydrogen-bond acceptors (Lipinski definition) is 4. The third-order valence-electron chi connectivity index (χ3n) is 4.63. The van der Waals surface area contributed by atoms with Gasteiger partial charge in [0.25, 0.3) is 0 Å². The summed E-state index contributed by atoms with van der Waals surface area (Å²) < 4.78 is 5.39. The summed E-state index contributed by atoms with van der Waals surface area (Å²) in [7, 11) is 3.51. The molecule has 0 aromatic carbocycles. The van der Waals surface area contributed by atoms with Crippen molar-refractivity contribution >= 4 is 11.9 Å². The Hall–Kier alpha value is -1.34. The highest BCUT2D eigenvalue weighted by molar-refractivity contribution is 5.84. The average molecular weight is 384 g/mol. The van der Waals surface area contributed by atoms with Crippen molar-refractivity contribution in [3.05, 3.63) is 0 Å². The number of guanidine groups is 1. The summed E-state index contributed by atoms with van der Waals surface area (Å²) in [4.78, 5) is 20.4. The molecule has 7 nitrogen and oxygen atoms in total. The number of likely N-dealkylation sites (N-methyl/N-ethyl adjacent to an activating group) is 1. The van der Waals surface area contributed by atoms with Crippen LogP contribution < -0.4 is 10.6 Å². The van der Waals surface area contributed by atoms with Gasteiger partial charge in [-0.15, -0.1) is 0 Å². The number of carbonyl (C=O) groups is 1. The van der Waals surface area contributed by atoms with Crippen molar-refractivity contribution in [3.8, 4) is 0 Å². The van der Waals surface area contributed by atoms with E-state index in [1.54, 1.807) is 19.0 Å². The first kappa shape index (κ1) is 23.7. The minimum Gasteiger partial charge on any atom is -0.379 e. The molecule has 0 radical (unpaired) electrons. The van der Waals surface area contributed by atoms with Gasteiger partial charge in [0.15, 0.2) is 5.96 Å². The molecule has 1 atom stereocenters. The molecule has 0 aliphatic carbocycles. The maximum atomic E-state index is 11.9. The summed E-state index contributed by atoms with van der Waals surface area (Å²) in [6, 6.07) is 0.309. The van der Waals surface area contributed by atoms with Gasteiger partial charge in [0, 0.05) is 39.8 Å². The van der Waals surface area contributed by atoms with E-state index in [9.17, 15) is 4.79 Å². The van der Waals surface area contributed by atoms with E-state index < -0.39 is 0 Å². The van der Waals surface area contributed by atoms with Crippen LogP contribution in [0.25, 0.3) is 0 Å². The van der Waals surface area contributed by atoms with E-state index in [-0.39, 0.29) is 12.5 Å². The fourth-order valence-corrected chi connectivity index (χ4v) is 2.73. The van der Waals surface area contributed by atoms with Crippen molar-refractivity contribution in [2.45, 2.75) is 53.0 Å². The fraction of sp³-hybridized carbons (Fsp3) is 0.900. The Morgan fingerprint density at radius 3 is 2.52 bits per heavy atom. The van der Waals surface area contributed by atoms with Crippen LogP contribution in [0.5, 0.6) is 0 Å². The van der Waals surface area contributed by atoms with E-state index in [1.807, 2.05) is 0 Å². The van der Waals surface area contributed by atoms with Gasteiger partial charge in [-0.25, -0.2) is 4.99 Å². The second-order valence-electron chi connectivity index (χ2n) is 8.83. The Morgan fingerprint density at radius 2 is 1.93 bits per heavy atom. The van der Waals surface area contributed by atoms with Crippen LogP contribution in [0.4, 0.5) is 0 Å². The zero-order valence-electron chi connectivity index (χ0n) is 18.3. The SMILES string of the molecule is CC(CCC(C)(C)C)NC(=NCC(=O)N(C)C)NCCCN1CCOCC1. The fourth-order valence-electron chi connectivity index (χ4n) is 2.73. The van der Waals surface area contributed by atoms with Crippen LogP contribution in [0, 0.1) is 5.41 Å². The van der Waals surface area contributed by atoms with Crippen molar-refractivity contribution in [2.24, 2.45) is 10.4 Å². The van der Waals surface area contributed by atoms with Gasteiger partial charge < -0.3 is 20.3 Å². The minimum absolute atomic E-state index is 0.00626. The summed E-state index contributed by atoms with van der Waals surface area (Å²) in [6.07, 6.45) is 3.25. The van der Waals surface area contributed by atoms with Gasteiger partial charge in [0.2, 0.25) is 5.91 Å². The largest absolute Gasteiger partial charge is 0.379 e. The van der Waals surface area contributed by atoms with Crippen LogP contribution in [0.1, 0.15) is 47.0 Å². The first-order chi connectivity index (χ1) is 12.7. The molecule has 7 heteroatoms. The number of nitrogens with zero attached hydrogens (tertiary/aromatic N) is 3. The van der Waals surface area contributed by atoms with Crippen LogP contribution in [0.3, 0.4) is 0 Å². The van der Waals surface area contributed by atoms with Gasteiger partial charge in [-0.2, -0.15) is 0 Å². The third-order valence-corrected chi connectivity index (χ3v) is 4.63. The molecular weight excluding hydrogens is 342 g/mol. The Bertz CT molecular complexity index is 454. The van der Waals surface area contributed by atoms with E-state index in [4.69, 9.17) is 4.74 Å².